The van der Waals surface area contributed by atoms with E-state index < -0.39 is 0 Å². The zero-order valence-electron chi connectivity index (χ0n) is 8.38. The molecule has 0 heterocycles. The van der Waals surface area contributed by atoms with Crippen LogP contribution in [-0.2, 0) is 0 Å². The molecule has 1 aromatic carbocycles. The topological polar surface area (TPSA) is 35.8 Å². The monoisotopic (exact) mass is 190 g/mol. The van der Waals surface area contributed by atoms with Crippen molar-refractivity contribution in [3.8, 4) is 0 Å². The first kappa shape index (κ1) is 10.3. The second-order valence-electron chi connectivity index (χ2n) is 3.11. The maximum Gasteiger partial charge on any atom is 0.0661 e. The number of hydrogen-bond donors (Lipinski definition) is 1. The highest BCUT2D eigenvalue weighted by Gasteiger charge is 1.92. The van der Waals surface area contributed by atoms with Crippen molar-refractivity contribution in [2.24, 2.45) is 5.16 Å². The van der Waals surface area contributed by atoms with Crippen LogP contribution in [0.3, 0.4) is 0 Å². The standard InChI is InChI=1S/C11H14N2O/c1-13(2)11-7-5-10(6-8-11)4-3-9-12-14/h3-9,14H,1-2H3. The second kappa shape index (κ2) is 5.07. The molecule has 0 atom stereocenters. The van der Waals surface area contributed by atoms with Crippen molar-refractivity contribution in [3.63, 3.8) is 0 Å². The average molecular weight is 190 g/mol. The lowest BCUT2D eigenvalue weighted by Crippen LogP contribution is -2.07. The number of hydrogen-bond acceptors (Lipinski definition) is 3. The van der Waals surface area contributed by atoms with Crippen LogP contribution >= 0.6 is 0 Å². The van der Waals surface area contributed by atoms with Crippen LogP contribution in [0.25, 0.3) is 6.08 Å². The lowest BCUT2D eigenvalue weighted by Gasteiger charge is -2.11. The lowest BCUT2D eigenvalue weighted by atomic mass is 10.2. The van der Waals surface area contributed by atoms with E-state index in [1.165, 1.54) is 6.21 Å². The van der Waals surface area contributed by atoms with Crippen molar-refractivity contribution < 1.29 is 5.21 Å². The van der Waals surface area contributed by atoms with Gasteiger partial charge in [0.25, 0.3) is 0 Å². The van der Waals surface area contributed by atoms with E-state index in [-0.39, 0.29) is 0 Å². The molecule has 1 aromatic rings. The molecule has 0 aromatic heterocycles. The molecule has 74 valence electrons. The maximum absolute atomic E-state index is 8.17. The van der Waals surface area contributed by atoms with Crippen LogP contribution in [-0.4, -0.2) is 25.5 Å². The molecule has 0 aliphatic rings. The highest BCUT2D eigenvalue weighted by Crippen LogP contribution is 2.12. The fraction of sp³-hybridized carbons (Fsp3) is 0.182. The maximum atomic E-state index is 8.17. The van der Waals surface area contributed by atoms with Gasteiger partial charge in [0.15, 0.2) is 0 Å². The van der Waals surface area contributed by atoms with Gasteiger partial charge in [-0.3, -0.25) is 0 Å². The van der Waals surface area contributed by atoms with Crippen LogP contribution in [0.4, 0.5) is 5.69 Å². The molecule has 0 aliphatic heterocycles. The summed E-state index contributed by atoms with van der Waals surface area (Å²) >= 11 is 0. The van der Waals surface area contributed by atoms with Gasteiger partial charge in [-0.05, 0) is 23.8 Å². The van der Waals surface area contributed by atoms with Gasteiger partial charge in [0.1, 0.15) is 0 Å². The number of benzene rings is 1. The molecule has 1 N–H and O–H groups in total. The molecule has 0 amide bonds. The van der Waals surface area contributed by atoms with Crippen LogP contribution in [0.5, 0.6) is 0 Å². The summed E-state index contributed by atoms with van der Waals surface area (Å²) in [6.45, 7) is 0. The molecule has 3 nitrogen and oxygen atoms in total. The van der Waals surface area contributed by atoms with E-state index in [0.717, 1.165) is 11.3 Å². The number of nitrogens with zero attached hydrogens (tertiary/aromatic N) is 2. The van der Waals surface area contributed by atoms with Crippen LogP contribution in [0.1, 0.15) is 5.56 Å². The summed E-state index contributed by atoms with van der Waals surface area (Å²) in [5.74, 6) is 0. The Balaban J connectivity index is 2.73. The molecule has 0 saturated carbocycles. The number of rotatable bonds is 3. The summed E-state index contributed by atoms with van der Waals surface area (Å²) in [6.07, 6.45) is 4.89. The first-order valence-corrected chi connectivity index (χ1v) is 4.35. The summed E-state index contributed by atoms with van der Waals surface area (Å²) in [6, 6.07) is 8.10. The number of oxime groups is 1. The number of allylic oxidation sites excluding steroid dienone is 1. The van der Waals surface area contributed by atoms with Gasteiger partial charge in [-0.25, -0.2) is 0 Å². The smallest absolute Gasteiger partial charge is 0.0661 e. The van der Waals surface area contributed by atoms with Crippen LogP contribution in [0.2, 0.25) is 0 Å². The van der Waals surface area contributed by atoms with E-state index in [1.54, 1.807) is 6.08 Å². The van der Waals surface area contributed by atoms with Crippen molar-refractivity contribution in [3.05, 3.63) is 35.9 Å². The van der Waals surface area contributed by atoms with Gasteiger partial charge in [0.05, 0.1) is 6.21 Å². The average Bonchev–Trinajstić information content (AvgIpc) is 2.19. The van der Waals surface area contributed by atoms with Crippen LogP contribution in [0.15, 0.2) is 35.5 Å². The zero-order chi connectivity index (χ0) is 10.4. The van der Waals surface area contributed by atoms with Gasteiger partial charge in [-0.2, -0.15) is 0 Å². The third-order valence-corrected chi connectivity index (χ3v) is 1.85. The Morgan fingerprint density at radius 2 is 1.86 bits per heavy atom. The zero-order valence-corrected chi connectivity index (χ0v) is 8.38. The molecule has 0 spiro atoms. The van der Waals surface area contributed by atoms with Gasteiger partial charge < -0.3 is 10.1 Å². The van der Waals surface area contributed by atoms with Gasteiger partial charge in [0, 0.05) is 19.8 Å². The minimum Gasteiger partial charge on any atom is -0.411 e. The molecular formula is C11H14N2O. The minimum atomic E-state index is 1.08. The van der Waals surface area contributed by atoms with Crippen LogP contribution < -0.4 is 4.90 Å². The molecule has 0 saturated heterocycles. The minimum absolute atomic E-state index is 1.08. The Hall–Kier alpha value is -1.77. The Morgan fingerprint density at radius 3 is 2.36 bits per heavy atom. The quantitative estimate of drug-likeness (QED) is 0.450. The molecule has 0 aliphatic carbocycles. The van der Waals surface area contributed by atoms with Crippen molar-refractivity contribution in [2.75, 3.05) is 19.0 Å². The van der Waals surface area contributed by atoms with E-state index in [2.05, 4.69) is 5.16 Å². The molecular weight excluding hydrogens is 176 g/mol. The van der Waals surface area contributed by atoms with Crippen molar-refractivity contribution in [1.82, 2.24) is 0 Å². The normalized spacial score (nSPS) is 11.3. The van der Waals surface area contributed by atoms with Crippen molar-refractivity contribution >= 4 is 18.0 Å². The summed E-state index contributed by atoms with van der Waals surface area (Å²) in [5, 5.41) is 11.0. The summed E-state index contributed by atoms with van der Waals surface area (Å²) in [5.41, 5.74) is 2.24. The molecule has 1 rings (SSSR count). The highest BCUT2D eigenvalue weighted by atomic mass is 16.4. The third kappa shape index (κ3) is 2.94. The second-order valence-corrected chi connectivity index (χ2v) is 3.11. The lowest BCUT2D eigenvalue weighted by molar-refractivity contribution is 0.322. The molecule has 3 heteroatoms. The van der Waals surface area contributed by atoms with E-state index in [9.17, 15) is 0 Å². The van der Waals surface area contributed by atoms with Gasteiger partial charge in [0.2, 0.25) is 0 Å². The van der Waals surface area contributed by atoms with E-state index in [0.29, 0.717) is 0 Å². The fourth-order valence-corrected chi connectivity index (χ4v) is 1.08. The highest BCUT2D eigenvalue weighted by molar-refractivity contribution is 5.77. The first-order chi connectivity index (χ1) is 6.74. The van der Waals surface area contributed by atoms with Crippen LogP contribution in [0, 0.1) is 0 Å². The molecule has 0 unspecified atom stereocenters. The fourth-order valence-electron chi connectivity index (χ4n) is 1.08. The summed E-state index contributed by atoms with van der Waals surface area (Å²) in [7, 11) is 4.01. The first-order valence-electron chi connectivity index (χ1n) is 4.35. The predicted molar refractivity (Wildman–Crippen MR) is 60.1 cm³/mol. The van der Waals surface area contributed by atoms with Crippen molar-refractivity contribution in [2.45, 2.75) is 0 Å². The molecule has 14 heavy (non-hydrogen) atoms. The van der Waals surface area contributed by atoms with E-state index >= 15 is 0 Å². The predicted octanol–water partition coefficient (Wildman–Crippen LogP) is 2.23. The van der Waals surface area contributed by atoms with Gasteiger partial charge >= 0.3 is 0 Å². The SMILES string of the molecule is CN(C)c1ccc(C=CC=NO)cc1. The third-order valence-electron chi connectivity index (χ3n) is 1.85. The molecule has 0 bridgehead atoms. The van der Waals surface area contributed by atoms with Gasteiger partial charge in [-0.15, -0.1) is 0 Å². The number of anilines is 1. The molecule has 0 radical (unpaired) electrons. The summed E-state index contributed by atoms with van der Waals surface area (Å²) in [4.78, 5) is 2.04. The largest absolute Gasteiger partial charge is 0.411 e. The van der Waals surface area contributed by atoms with E-state index in [1.807, 2.05) is 49.3 Å². The Morgan fingerprint density at radius 1 is 1.21 bits per heavy atom. The Bertz CT molecular complexity index is 326. The Kier molecular flexibility index (Phi) is 3.73. The van der Waals surface area contributed by atoms with Gasteiger partial charge in [-0.1, -0.05) is 23.4 Å². The van der Waals surface area contributed by atoms with E-state index in [4.69, 9.17) is 5.21 Å². The molecule has 0 fully saturated rings. The van der Waals surface area contributed by atoms with Crippen molar-refractivity contribution in [1.29, 1.82) is 0 Å². The summed E-state index contributed by atoms with van der Waals surface area (Å²) < 4.78 is 0. The Labute approximate surface area is 84.0 Å².